The summed E-state index contributed by atoms with van der Waals surface area (Å²) in [6, 6.07) is 4.93. The maximum Gasteiger partial charge on any atom is 0.338 e. The first kappa shape index (κ1) is 20.2. The Morgan fingerprint density at radius 1 is 1.22 bits per heavy atom. The van der Waals surface area contributed by atoms with E-state index in [9.17, 15) is 18.8 Å². The molecule has 1 aliphatic rings. The van der Waals surface area contributed by atoms with Gasteiger partial charge in [-0.25, -0.2) is 18.8 Å². The summed E-state index contributed by atoms with van der Waals surface area (Å²) >= 11 is 0. The number of hydrogen-bond donors (Lipinski definition) is 2. The van der Waals surface area contributed by atoms with Crippen LogP contribution in [0.15, 0.2) is 41.6 Å². The third-order valence-electron chi connectivity index (χ3n) is 3.81. The minimum Gasteiger partial charge on any atom is -0.463 e. The van der Waals surface area contributed by atoms with Crippen LogP contribution < -0.4 is 10.6 Å². The zero-order valence-corrected chi connectivity index (χ0v) is 15.1. The van der Waals surface area contributed by atoms with Crippen molar-refractivity contribution in [2.75, 3.05) is 13.2 Å². The van der Waals surface area contributed by atoms with Gasteiger partial charge in [-0.1, -0.05) is 25.1 Å². The highest BCUT2D eigenvalue weighted by Crippen LogP contribution is 2.17. The Bertz CT molecular complexity index is 788. The molecule has 2 N–H and O–H groups in total. The van der Waals surface area contributed by atoms with Crippen LogP contribution in [0.5, 0.6) is 0 Å². The third-order valence-corrected chi connectivity index (χ3v) is 3.81. The first-order valence-corrected chi connectivity index (χ1v) is 8.53. The highest BCUT2D eigenvalue weighted by atomic mass is 19.1. The normalized spacial score (nSPS) is 16.7. The van der Waals surface area contributed by atoms with Gasteiger partial charge in [-0.15, -0.1) is 0 Å². The average molecular weight is 376 g/mol. The van der Waals surface area contributed by atoms with Crippen LogP contribution in [0.4, 0.5) is 9.18 Å². The molecule has 1 atom stereocenters. The van der Waals surface area contributed by atoms with Crippen LogP contribution in [0.2, 0.25) is 0 Å². The Morgan fingerprint density at radius 3 is 2.63 bits per heavy atom. The largest absolute Gasteiger partial charge is 0.463 e. The molecule has 0 aromatic heterocycles. The summed E-state index contributed by atoms with van der Waals surface area (Å²) in [5.74, 6) is -1.80. The Balaban J connectivity index is 2.11. The van der Waals surface area contributed by atoms with Crippen LogP contribution in [-0.4, -0.2) is 37.2 Å². The molecule has 0 spiro atoms. The van der Waals surface area contributed by atoms with E-state index in [4.69, 9.17) is 9.47 Å². The van der Waals surface area contributed by atoms with E-state index >= 15 is 0 Å². The van der Waals surface area contributed by atoms with Gasteiger partial charge in [0.1, 0.15) is 12.4 Å². The molecule has 2 amide bonds. The highest BCUT2D eigenvalue weighted by molar-refractivity contribution is 5.95. The smallest absolute Gasteiger partial charge is 0.338 e. The molecule has 0 bridgehead atoms. The standard InChI is InChI=1S/C19H21FN2O5/c1-3-14-17(18(24)26-4-2)15(22-19(25)21-14)11-27-16(23)10-9-12-7-5-6-8-13(12)20/h5-10,14H,3-4,11H2,1-2H3,(H2,21,22,25)/b10-9+/t14-/m1/s1. The minimum absolute atomic E-state index is 0.164. The predicted octanol–water partition coefficient (Wildman–Crippen LogP) is 2.29. The van der Waals surface area contributed by atoms with Crippen molar-refractivity contribution in [2.24, 2.45) is 0 Å². The summed E-state index contributed by atoms with van der Waals surface area (Å²) in [5.41, 5.74) is 0.614. The molecule has 1 aromatic carbocycles. The quantitative estimate of drug-likeness (QED) is 0.563. The molecule has 7 nitrogen and oxygen atoms in total. The Hall–Kier alpha value is -3.16. The van der Waals surface area contributed by atoms with Gasteiger partial charge in [-0.05, 0) is 25.5 Å². The number of amides is 2. The lowest BCUT2D eigenvalue weighted by Gasteiger charge is -2.28. The van der Waals surface area contributed by atoms with E-state index in [1.165, 1.54) is 18.2 Å². The fraction of sp³-hybridized carbons (Fsp3) is 0.316. The number of nitrogens with one attached hydrogen (secondary N) is 2. The zero-order chi connectivity index (χ0) is 19.8. The van der Waals surface area contributed by atoms with E-state index in [2.05, 4.69) is 10.6 Å². The molecule has 1 heterocycles. The lowest BCUT2D eigenvalue weighted by atomic mass is 10.0. The Kier molecular flexibility index (Phi) is 7.10. The van der Waals surface area contributed by atoms with Crippen LogP contribution >= 0.6 is 0 Å². The number of rotatable bonds is 7. The summed E-state index contributed by atoms with van der Waals surface area (Å²) in [4.78, 5) is 35.9. The average Bonchev–Trinajstić information content (AvgIpc) is 2.65. The van der Waals surface area contributed by atoms with Gasteiger partial charge in [0.2, 0.25) is 0 Å². The molecule has 0 radical (unpaired) electrons. The molecule has 27 heavy (non-hydrogen) atoms. The second kappa shape index (κ2) is 9.51. The topological polar surface area (TPSA) is 93.7 Å². The first-order valence-electron chi connectivity index (χ1n) is 8.53. The number of ether oxygens (including phenoxy) is 2. The lowest BCUT2D eigenvalue weighted by molar-refractivity contribution is -0.140. The number of carbonyl (C=O) groups is 3. The summed E-state index contributed by atoms with van der Waals surface area (Å²) in [6.45, 7) is 3.32. The maximum atomic E-state index is 13.5. The van der Waals surface area contributed by atoms with Gasteiger partial charge in [-0.3, -0.25) is 0 Å². The van der Waals surface area contributed by atoms with Crippen molar-refractivity contribution in [1.82, 2.24) is 10.6 Å². The third kappa shape index (κ3) is 5.40. The van der Waals surface area contributed by atoms with Crippen molar-refractivity contribution in [1.29, 1.82) is 0 Å². The number of esters is 2. The second-order valence-electron chi connectivity index (χ2n) is 5.63. The van der Waals surface area contributed by atoms with Gasteiger partial charge in [-0.2, -0.15) is 0 Å². The van der Waals surface area contributed by atoms with Crippen LogP contribution in [0.25, 0.3) is 6.08 Å². The molecule has 1 aliphatic heterocycles. The van der Waals surface area contributed by atoms with Crippen molar-refractivity contribution in [2.45, 2.75) is 26.3 Å². The predicted molar refractivity (Wildman–Crippen MR) is 95.8 cm³/mol. The van der Waals surface area contributed by atoms with E-state index in [1.54, 1.807) is 26.0 Å². The number of benzene rings is 1. The summed E-state index contributed by atoms with van der Waals surface area (Å²) in [7, 11) is 0. The Labute approximate surface area is 156 Å². The molecule has 0 saturated carbocycles. The fourth-order valence-corrected chi connectivity index (χ4v) is 2.54. The van der Waals surface area contributed by atoms with E-state index in [1.807, 2.05) is 0 Å². The SMILES string of the molecule is CCOC(=O)C1=C(COC(=O)/C=C/c2ccccc2F)NC(=O)N[C@@H]1CC. The number of carbonyl (C=O) groups excluding carboxylic acids is 3. The molecule has 0 fully saturated rings. The molecule has 0 unspecified atom stereocenters. The van der Waals surface area contributed by atoms with Crippen LogP contribution in [-0.2, 0) is 19.1 Å². The second-order valence-corrected chi connectivity index (χ2v) is 5.63. The van der Waals surface area contributed by atoms with Gasteiger partial charge >= 0.3 is 18.0 Å². The van der Waals surface area contributed by atoms with E-state index in [0.717, 1.165) is 6.08 Å². The van der Waals surface area contributed by atoms with E-state index in [-0.39, 0.29) is 30.0 Å². The van der Waals surface area contributed by atoms with Gasteiger partial charge in [0.25, 0.3) is 0 Å². The molecule has 1 aromatic rings. The van der Waals surface area contributed by atoms with E-state index < -0.39 is 29.8 Å². The maximum absolute atomic E-state index is 13.5. The van der Waals surface area contributed by atoms with Crippen molar-refractivity contribution < 1.29 is 28.2 Å². The van der Waals surface area contributed by atoms with Crippen molar-refractivity contribution >= 4 is 24.0 Å². The molecule has 0 aliphatic carbocycles. The fourth-order valence-electron chi connectivity index (χ4n) is 2.54. The number of urea groups is 1. The van der Waals surface area contributed by atoms with Crippen LogP contribution in [0.1, 0.15) is 25.8 Å². The summed E-state index contributed by atoms with van der Waals surface area (Å²) in [6.07, 6.45) is 2.82. The number of halogens is 1. The van der Waals surface area contributed by atoms with Gasteiger partial charge in [0, 0.05) is 11.6 Å². The molecular weight excluding hydrogens is 355 g/mol. The Morgan fingerprint density at radius 2 is 1.96 bits per heavy atom. The van der Waals surface area contributed by atoms with Gasteiger partial charge in [0.05, 0.1) is 23.9 Å². The zero-order valence-electron chi connectivity index (χ0n) is 15.1. The first-order chi connectivity index (χ1) is 13.0. The molecule has 8 heteroatoms. The van der Waals surface area contributed by atoms with Crippen molar-refractivity contribution in [3.63, 3.8) is 0 Å². The summed E-state index contributed by atoms with van der Waals surface area (Å²) < 4.78 is 23.6. The highest BCUT2D eigenvalue weighted by Gasteiger charge is 2.31. The van der Waals surface area contributed by atoms with Crippen LogP contribution in [0, 0.1) is 5.82 Å². The molecule has 2 rings (SSSR count). The van der Waals surface area contributed by atoms with Crippen LogP contribution in [0.3, 0.4) is 0 Å². The number of hydrogen-bond acceptors (Lipinski definition) is 5. The van der Waals surface area contributed by atoms with Gasteiger partial charge < -0.3 is 20.1 Å². The van der Waals surface area contributed by atoms with Crippen molar-refractivity contribution in [3.05, 3.63) is 53.0 Å². The summed E-state index contributed by atoms with van der Waals surface area (Å²) in [5, 5.41) is 5.10. The van der Waals surface area contributed by atoms with Crippen molar-refractivity contribution in [3.8, 4) is 0 Å². The van der Waals surface area contributed by atoms with Gasteiger partial charge in [0.15, 0.2) is 0 Å². The van der Waals surface area contributed by atoms with E-state index in [0.29, 0.717) is 6.42 Å². The monoisotopic (exact) mass is 376 g/mol. The lowest BCUT2D eigenvalue weighted by Crippen LogP contribution is -2.51. The minimum atomic E-state index is -0.741. The molecule has 0 saturated heterocycles. The molecule has 144 valence electrons. The molecular formula is C19H21FN2O5.